The molecular formula is C2H3O2. The molecule has 0 aliphatic rings. The summed E-state index contributed by atoms with van der Waals surface area (Å²) in [6.45, 7) is 4.43. The van der Waals surface area contributed by atoms with Crippen molar-refractivity contribution >= 4 is 0 Å². The zero-order chi connectivity index (χ0) is 3.41. The maximum absolute atomic E-state index is 7.19. The average Bonchev–Trinajstić information content (AvgIpc) is 1.37. The van der Waals surface area contributed by atoms with Gasteiger partial charge in [-0.3, -0.25) is 0 Å². The van der Waals surface area contributed by atoms with E-state index < -0.39 is 0 Å². The van der Waals surface area contributed by atoms with Crippen molar-refractivity contribution in [2.45, 2.75) is 0 Å². The molecule has 2 heteroatoms. The first kappa shape index (κ1) is 3.50. The highest BCUT2D eigenvalue weighted by molar-refractivity contribution is 4.32. The second kappa shape index (κ2) is 2.50. The van der Waals surface area contributed by atoms with Crippen molar-refractivity contribution in [2.24, 2.45) is 0 Å². The van der Waals surface area contributed by atoms with E-state index in [1.807, 2.05) is 0 Å². The SMILES string of the molecule is [CH]=COO. The Bertz CT molecular complexity index is 18.0. The molecule has 0 fully saturated rings. The third-order valence-corrected chi connectivity index (χ3v) is 0.0609. The predicted molar refractivity (Wildman–Crippen MR) is 12.6 cm³/mol. The summed E-state index contributed by atoms with van der Waals surface area (Å²) < 4.78 is 0. The molecule has 0 aromatic carbocycles. The van der Waals surface area contributed by atoms with Crippen LogP contribution in [0.3, 0.4) is 0 Å². The van der Waals surface area contributed by atoms with Gasteiger partial charge in [-0.1, -0.05) is 0 Å². The molecule has 0 saturated heterocycles. The molecule has 0 rings (SSSR count). The Morgan fingerprint density at radius 3 is 2.25 bits per heavy atom. The zero-order valence-electron chi connectivity index (χ0n) is 2.01. The van der Waals surface area contributed by atoms with E-state index >= 15 is 0 Å². The maximum Gasteiger partial charge on any atom is 0.129 e. The summed E-state index contributed by atoms with van der Waals surface area (Å²) in [5.41, 5.74) is 0. The van der Waals surface area contributed by atoms with Crippen LogP contribution in [0.25, 0.3) is 0 Å². The Kier molecular flexibility index (Phi) is 2.19. The number of rotatable bonds is 1. The molecule has 0 saturated carbocycles. The lowest BCUT2D eigenvalue weighted by atomic mass is 11.2. The van der Waals surface area contributed by atoms with Crippen molar-refractivity contribution in [3.05, 3.63) is 12.8 Å². The lowest BCUT2D eigenvalue weighted by Crippen LogP contribution is -1.56. The van der Waals surface area contributed by atoms with Gasteiger partial charge in [-0.05, 0) is 6.58 Å². The highest BCUT2D eigenvalue weighted by Gasteiger charge is 1.39. The van der Waals surface area contributed by atoms with E-state index in [2.05, 4.69) is 11.5 Å². The number of hydrogen-bond acceptors (Lipinski definition) is 2. The Morgan fingerprint density at radius 1 is 2.00 bits per heavy atom. The lowest BCUT2D eigenvalue weighted by Gasteiger charge is -1.68. The van der Waals surface area contributed by atoms with Gasteiger partial charge >= 0.3 is 0 Å². The van der Waals surface area contributed by atoms with Crippen molar-refractivity contribution in [1.82, 2.24) is 0 Å². The predicted octanol–water partition coefficient (Wildman–Crippen LogP) is 0.423. The Labute approximate surface area is 24.3 Å². The third kappa shape index (κ3) is 1.50. The standard InChI is InChI=1S/C2H3O2/c1-2-4-3/h1-3H. The van der Waals surface area contributed by atoms with E-state index in [-0.39, 0.29) is 0 Å². The van der Waals surface area contributed by atoms with Crippen molar-refractivity contribution in [3.63, 3.8) is 0 Å². The van der Waals surface area contributed by atoms with E-state index in [1.165, 1.54) is 0 Å². The molecule has 0 atom stereocenters. The molecule has 4 heavy (non-hydrogen) atoms. The van der Waals surface area contributed by atoms with Crippen molar-refractivity contribution in [1.29, 1.82) is 0 Å². The van der Waals surface area contributed by atoms with Crippen LogP contribution in [-0.2, 0) is 4.89 Å². The lowest BCUT2D eigenvalue weighted by molar-refractivity contribution is -0.186. The summed E-state index contributed by atoms with van der Waals surface area (Å²) >= 11 is 0. The second-order valence-corrected chi connectivity index (χ2v) is 0.241. The average molecular weight is 59.0 g/mol. The molecule has 0 aliphatic heterocycles. The fraction of sp³-hybridized carbons (Fsp3) is 0. The number of hydrogen-bond donors (Lipinski definition) is 1. The summed E-state index contributed by atoms with van der Waals surface area (Å²) in [6.07, 6.45) is 0.681. The van der Waals surface area contributed by atoms with E-state index in [4.69, 9.17) is 5.26 Å². The van der Waals surface area contributed by atoms with Gasteiger partial charge < -0.3 is 4.89 Å². The topological polar surface area (TPSA) is 29.5 Å². The summed E-state index contributed by atoms with van der Waals surface area (Å²) in [5, 5.41) is 7.19. The van der Waals surface area contributed by atoms with Crippen LogP contribution in [0.4, 0.5) is 0 Å². The molecule has 0 heterocycles. The molecular weight excluding hydrogens is 56.0 g/mol. The first-order valence-electron chi connectivity index (χ1n) is 0.752. The molecule has 0 unspecified atom stereocenters. The molecule has 1 radical (unpaired) electrons. The van der Waals surface area contributed by atoms with Crippen LogP contribution in [0.15, 0.2) is 6.26 Å². The summed E-state index contributed by atoms with van der Waals surface area (Å²) in [7, 11) is 0. The fourth-order valence-corrected chi connectivity index (χ4v) is 0. The van der Waals surface area contributed by atoms with Gasteiger partial charge in [0.25, 0.3) is 0 Å². The van der Waals surface area contributed by atoms with Crippen LogP contribution >= 0.6 is 0 Å². The fourth-order valence-electron chi connectivity index (χ4n) is 0. The van der Waals surface area contributed by atoms with Crippen molar-refractivity contribution < 1.29 is 10.1 Å². The van der Waals surface area contributed by atoms with E-state index in [0.29, 0.717) is 6.26 Å². The Morgan fingerprint density at radius 2 is 2.25 bits per heavy atom. The molecule has 0 spiro atoms. The molecule has 23 valence electrons. The molecule has 0 amide bonds. The summed E-state index contributed by atoms with van der Waals surface area (Å²) in [4.78, 5) is 3.19. The van der Waals surface area contributed by atoms with Gasteiger partial charge in [-0.25, -0.2) is 5.26 Å². The van der Waals surface area contributed by atoms with Crippen LogP contribution in [0, 0.1) is 6.58 Å². The Balaban J connectivity index is 2.30. The molecule has 1 N–H and O–H groups in total. The van der Waals surface area contributed by atoms with Gasteiger partial charge in [0.15, 0.2) is 0 Å². The van der Waals surface area contributed by atoms with Crippen molar-refractivity contribution in [2.75, 3.05) is 0 Å². The first-order chi connectivity index (χ1) is 1.91. The van der Waals surface area contributed by atoms with Gasteiger partial charge in [0.1, 0.15) is 6.26 Å². The molecule has 2 nitrogen and oxygen atoms in total. The van der Waals surface area contributed by atoms with Crippen LogP contribution in [0.5, 0.6) is 0 Å². The summed E-state index contributed by atoms with van der Waals surface area (Å²) in [5.74, 6) is 0. The first-order valence-corrected chi connectivity index (χ1v) is 0.752. The smallest absolute Gasteiger partial charge is 0.129 e. The molecule has 0 aromatic rings. The minimum absolute atomic E-state index is 0.681. The Hall–Kier alpha value is -0.500. The minimum atomic E-state index is 0.681. The van der Waals surface area contributed by atoms with Gasteiger partial charge in [-0.2, -0.15) is 0 Å². The monoisotopic (exact) mass is 59.0 g/mol. The van der Waals surface area contributed by atoms with Gasteiger partial charge in [0, 0.05) is 0 Å². The van der Waals surface area contributed by atoms with Crippen molar-refractivity contribution in [3.8, 4) is 0 Å². The minimum Gasteiger partial charge on any atom is -0.348 e. The van der Waals surface area contributed by atoms with Crippen LogP contribution in [0.1, 0.15) is 0 Å². The normalized spacial score (nSPS) is 5.25. The van der Waals surface area contributed by atoms with E-state index in [0.717, 1.165) is 0 Å². The van der Waals surface area contributed by atoms with Crippen LogP contribution in [-0.4, -0.2) is 5.26 Å². The quantitative estimate of drug-likeness (QED) is 0.269. The van der Waals surface area contributed by atoms with Gasteiger partial charge in [0.2, 0.25) is 0 Å². The summed E-state index contributed by atoms with van der Waals surface area (Å²) in [6, 6.07) is 0. The maximum atomic E-state index is 7.19. The third-order valence-electron chi connectivity index (χ3n) is 0.0609. The second-order valence-electron chi connectivity index (χ2n) is 0.241. The highest BCUT2D eigenvalue weighted by atomic mass is 17.1. The molecule has 0 aromatic heterocycles. The van der Waals surface area contributed by atoms with Crippen LogP contribution in [0.2, 0.25) is 0 Å². The van der Waals surface area contributed by atoms with Gasteiger partial charge in [0.05, 0.1) is 0 Å². The largest absolute Gasteiger partial charge is 0.348 e. The van der Waals surface area contributed by atoms with E-state index in [9.17, 15) is 0 Å². The highest BCUT2D eigenvalue weighted by Crippen LogP contribution is 1.50. The zero-order valence-corrected chi connectivity index (χ0v) is 2.01. The van der Waals surface area contributed by atoms with Gasteiger partial charge in [-0.15, -0.1) is 0 Å². The van der Waals surface area contributed by atoms with Crippen LogP contribution < -0.4 is 0 Å². The van der Waals surface area contributed by atoms with E-state index in [1.54, 1.807) is 0 Å². The molecule has 0 aliphatic carbocycles. The molecule has 0 bridgehead atoms.